The first-order valence-electron chi connectivity index (χ1n) is 7.22. The predicted molar refractivity (Wildman–Crippen MR) is 76.7 cm³/mol. The highest BCUT2D eigenvalue weighted by atomic mass is 16.4. The maximum absolute atomic E-state index is 10.6. The maximum atomic E-state index is 10.6. The Morgan fingerprint density at radius 2 is 1.67 bits per heavy atom. The van der Waals surface area contributed by atoms with Crippen molar-refractivity contribution in [1.82, 2.24) is 9.80 Å². The van der Waals surface area contributed by atoms with E-state index in [2.05, 4.69) is 5.92 Å². The lowest BCUT2D eigenvalue weighted by atomic mass is 10.2. The molecule has 0 aromatic carbocycles. The molecule has 0 amide bonds. The first-order valence-corrected chi connectivity index (χ1v) is 7.22. The van der Waals surface area contributed by atoms with Crippen LogP contribution in [0.2, 0.25) is 0 Å². The van der Waals surface area contributed by atoms with E-state index in [4.69, 9.17) is 16.6 Å². The summed E-state index contributed by atoms with van der Waals surface area (Å²) in [6.45, 7) is 0. The third-order valence-electron chi connectivity index (χ3n) is 4.89. The van der Waals surface area contributed by atoms with E-state index in [1.54, 1.807) is 11.9 Å². The van der Waals surface area contributed by atoms with Gasteiger partial charge in [0.2, 0.25) is 0 Å². The Hall–Kier alpha value is -1.58. The number of aliphatic carboxylic acids is 2. The molecule has 6 nitrogen and oxygen atoms in total. The van der Waals surface area contributed by atoms with Gasteiger partial charge < -0.3 is 10.2 Å². The molecular formula is C15H22N2O4. The molecule has 1 saturated carbocycles. The summed E-state index contributed by atoms with van der Waals surface area (Å²) in [4.78, 5) is 24.8. The van der Waals surface area contributed by atoms with Gasteiger partial charge in [0.1, 0.15) is 12.1 Å². The molecule has 0 bridgehead atoms. The molecule has 0 aromatic heterocycles. The summed E-state index contributed by atoms with van der Waals surface area (Å²) in [6, 6.07) is 0.0389. The lowest BCUT2D eigenvalue weighted by molar-refractivity contribution is -0.143. The number of likely N-dealkylation sites (tertiary alicyclic amines) is 2. The van der Waals surface area contributed by atoms with Gasteiger partial charge in [-0.3, -0.25) is 19.4 Å². The molecule has 0 unspecified atom stereocenters. The van der Waals surface area contributed by atoms with E-state index in [-0.39, 0.29) is 18.1 Å². The molecule has 2 saturated heterocycles. The topological polar surface area (TPSA) is 81.1 Å². The van der Waals surface area contributed by atoms with Crippen LogP contribution in [-0.4, -0.2) is 70.2 Å². The van der Waals surface area contributed by atoms with Gasteiger partial charge in [0.25, 0.3) is 0 Å². The summed E-state index contributed by atoms with van der Waals surface area (Å²) in [5, 5.41) is 17.4. The van der Waals surface area contributed by atoms with E-state index in [0.717, 1.165) is 12.8 Å². The molecule has 21 heavy (non-hydrogen) atoms. The van der Waals surface area contributed by atoms with Crippen molar-refractivity contribution < 1.29 is 19.8 Å². The van der Waals surface area contributed by atoms with Crippen LogP contribution in [0.5, 0.6) is 0 Å². The predicted octanol–water partition coefficient (Wildman–Crippen LogP) is 0.331. The molecule has 6 heteroatoms. The Bertz CT molecular complexity index is 473. The highest BCUT2D eigenvalue weighted by molar-refractivity contribution is 5.74. The van der Waals surface area contributed by atoms with Crippen molar-refractivity contribution in [2.75, 3.05) is 14.1 Å². The summed E-state index contributed by atoms with van der Waals surface area (Å²) < 4.78 is 0. The van der Waals surface area contributed by atoms with E-state index >= 15 is 0 Å². The second kappa shape index (κ2) is 6.04. The SMILES string of the molecule is C#C[C@H]1CC[C@@H](C(=O)O)N1C.CN1[C@H](C(=O)O)C[C@@H]2C[C@@H]21. The Morgan fingerprint density at radius 3 is 1.95 bits per heavy atom. The fourth-order valence-corrected chi connectivity index (χ4v) is 3.38. The molecule has 116 valence electrons. The Balaban J connectivity index is 0.000000154. The number of terminal acetylenes is 1. The fraction of sp³-hybridized carbons (Fsp3) is 0.733. The number of carbonyl (C=O) groups is 2. The molecule has 0 spiro atoms. The van der Waals surface area contributed by atoms with Crippen molar-refractivity contribution in [3.8, 4) is 12.3 Å². The number of carboxylic acid groups (broad SMARTS) is 2. The van der Waals surface area contributed by atoms with Crippen molar-refractivity contribution in [2.24, 2.45) is 5.92 Å². The monoisotopic (exact) mass is 294 g/mol. The highest BCUT2D eigenvalue weighted by Gasteiger charge is 2.52. The smallest absolute Gasteiger partial charge is 0.320 e. The Labute approximate surface area is 124 Å². The molecule has 5 atom stereocenters. The summed E-state index contributed by atoms with van der Waals surface area (Å²) in [7, 11) is 3.67. The molecule has 0 radical (unpaired) electrons. The fourth-order valence-electron chi connectivity index (χ4n) is 3.38. The average Bonchev–Trinajstić information content (AvgIpc) is 2.99. The zero-order valence-corrected chi connectivity index (χ0v) is 12.4. The van der Waals surface area contributed by atoms with Gasteiger partial charge in [0.15, 0.2) is 0 Å². The number of fused-ring (bicyclic) bond motifs is 1. The number of rotatable bonds is 2. The zero-order valence-electron chi connectivity index (χ0n) is 12.4. The van der Waals surface area contributed by atoms with Crippen LogP contribution in [0.25, 0.3) is 0 Å². The molecule has 3 fully saturated rings. The Morgan fingerprint density at radius 1 is 1.05 bits per heavy atom. The van der Waals surface area contributed by atoms with E-state index in [1.807, 2.05) is 11.9 Å². The van der Waals surface area contributed by atoms with Gasteiger partial charge in [-0.1, -0.05) is 5.92 Å². The summed E-state index contributed by atoms with van der Waals surface area (Å²) in [5.74, 6) is 1.83. The van der Waals surface area contributed by atoms with Crippen molar-refractivity contribution in [3.05, 3.63) is 0 Å². The molecule has 1 aliphatic carbocycles. The van der Waals surface area contributed by atoms with Gasteiger partial charge in [0, 0.05) is 6.04 Å². The van der Waals surface area contributed by atoms with E-state index in [9.17, 15) is 9.59 Å². The molecule has 2 heterocycles. The number of likely N-dealkylation sites (N-methyl/N-ethyl adjacent to an activating group) is 2. The number of hydrogen-bond donors (Lipinski definition) is 2. The molecule has 0 aromatic rings. The molecule has 3 rings (SSSR count). The third kappa shape index (κ3) is 3.20. The van der Waals surface area contributed by atoms with Gasteiger partial charge >= 0.3 is 11.9 Å². The van der Waals surface area contributed by atoms with Crippen molar-refractivity contribution >= 4 is 11.9 Å². The summed E-state index contributed by atoms with van der Waals surface area (Å²) >= 11 is 0. The molecule has 2 aliphatic heterocycles. The zero-order chi connectivity index (χ0) is 15.7. The minimum absolute atomic E-state index is 0.0103. The highest BCUT2D eigenvalue weighted by Crippen LogP contribution is 2.46. The number of hydrogen-bond acceptors (Lipinski definition) is 4. The van der Waals surface area contributed by atoms with Crippen molar-refractivity contribution in [3.63, 3.8) is 0 Å². The van der Waals surface area contributed by atoms with E-state index in [1.165, 1.54) is 6.42 Å². The molecule has 2 N–H and O–H groups in total. The number of piperidine rings is 1. The van der Waals surface area contributed by atoms with Crippen LogP contribution in [0.3, 0.4) is 0 Å². The third-order valence-corrected chi connectivity index (χ3v) is 4.89. The average molecular weight is 294 g/mol. The molecular weight excluding hydrogens is 272 g/mol. The summed E-state index contributed by atoms with van der Waals surface area (Å²) in [6.07, 6.45) is 8.76. The quantitative estimate of drug-likeness (QED) is 0.714. The number of carboxylic acids is 2. The largest absolute Gasteiger partial charge is 0.480 e. The minimum Gasteiger partial charge on any atom is -0.480 e. The summed E-state index contributed by atoms with van der Waals surface area (Å²) in [5.41, 5.74) is 0. The van der Waals surface area contributed by atoms with Crippen LogP contribution < -0.4 is 0 Å². The second-order valence-corrected chi connectivity index (χ2v) is 6.10. The standard InChI is InChI=1S/C8H11NO2.C7H11NO2/c1-3-6-4-5-7(8(10)11)9(6)2;1-8-5-2-4(5)3-6(8)7(9)10/h1,6-7H,4-5H2,2H3,(H,10,11);4-6H,2-3H2,1H3,(H,9,10)/t6-,7-;4-,5-,6-/m00/s1. The first kappa shape index (κ1) is 15.8. The first-order chi connectivity index (χ1) is 9.86. The van der Waals surface area contributed by atoms with Crippen LogP contribution in [0, 0.1) is 18.3 Å². The van der Waals surface area contributed by atoms with Crippen LogP contribution in [0.4, 0.5) is 0 Å². The maximum Gasteiger partial charge on any atom is 0.320 e. The van der Waals surface area contributed by atoms with Crippen LogP contribution >= 0.6 is 0 Å². The second-order valence-electron chi connectivity index (χ2n) is 6.10. The van der Waals surface area contributed by atoms with Gasteiger partial charge in [-0.15, -0.1) is 6.42 Å². The van der Waals surface area contributed by atoms with E-state index in [0.29, 0.717) is 18.4 Å². The van der Waals surface area contributed by atoms with Crippen LogP contribution in [0.15, 0.2) is 0 Å². The minimum atomic E-state index is -0.773. The van der Waals surface area contributed by atoms with Gasteiger partial charge in [-0.25, -0.2) is 0 Å². The van der Waals surface area contributed by atoms with Crippen LogP contribution in [-0.2, 0) is 9.59 Å². The van der Waals surface area contributed by atoms with Crippen molar-refractivity contribution in [1.29, 1.82) is 0 Å². The van der Waals surface area contributed by atoms with Crippen LogP contribution in [0.1, 0.15) is 25.7 Å². The van der Waals surface area contributed by atoms with Gasteiger partial charge in [-0.2, -0.15) is 0 Å². The Kier molecular flexibility index (Phi) is 4.55. The van der Waals surface area contributed by atoms with Gasteiger partial charge in [-0.05, 0) is 45.7 Å². The van der Waals surface area contributed by atoms with Crippen molar-refractivity contribution in [2.45, 2.75) is 49.9 Å². The lowest BCUT2D eigenvalue weighted by Crippen LogP contribution is -2.36. The molecule has 3 aliphatic rings. The lowest BCUT2D eigenvalue weighted by Gasteiger charge is -2.18. The van der Waals surface area contributed by atoms with Gasteiger partial charge in [0.05, 0.1) is 6.04 Å². The van der Waals surface area contributed by atoms with E-state index < -0.39 is 11.9 Å². The normalized spacial score (nSPS) is 38.0. The number of nitrogens with zero attached hydrogens (tertiary/aromatic N) is 2.